The van der Waals surface area contributed by atoms with Crippen molar-refractivity contribution in [2.45, 2.75) is 39.8 Å². The highest BCUT2D eigenvalue weighted by atomic mass is 35.5. The summed E-state index contributed by atoms with van der Waals surface area (Å²) in [5.74, 6) is 4.16. The zero-order valence-electron chi connectivity index (χ0n) is 49.6. The molecule has 14 nitrogen and oxygen atoms in total. The van der Waals surface area contributed by atoms with Gasteiger partial charge in [-0.2, -0.15) is 9.36 Å². The number of ether oxygens (including phenoxy) is 2. The number of hydrogen-bond acceptors (Lipinski definition) is 12. The van der Waals surface area contributed by atoms with Gasteiger partial charge in [0, 0.05) is 77.6 Å². The fourth-order valence-electron chi connectivity index (χ4n) is 11.4. The average Bonchev–Trinajstić information content (AvgIpc) is 2.41. The van der Waals surface area contributed by atoms with Gasteiger partial charge in [0.05, 0.1) is 43.5 Å². The maximum atomic E-state index is 6.25. The predicted molar refractivity (Wildman–Crippen MR) is 354 cm³/mol. The monoisotopic (exact) mass is 1250 g/mol. The van der Waals surface area contributed by atoms with E-state index in [1.807, 2.05) is 57.9 Å². The highest BCUT2D eigenvalue weighted by molar-refractivity contribution is 6.42. The van der Waals surface area contributed by atoms with Crippen molar-refractivity contribution in [3.05, 3.63) is 270 Å². The molecular weight excluding hydrogens is 1180 g/mol. The zero-order valence-corrected chi connectivity index (χ0v) is 52.6. The van der Waals surface area contributed by atoms with Gasteiger partial charge >= 0.3 is 0 Å². The van der Waals surface area contributed by atoms with Crippen LogP contribution in [0.5, 0.6) is 23.0 Å². The van der Waals surface area contributed by atoms with Crippen molar-refractivity contribution in [3.63, 3.8) is 0 Å². The lowest BCUT2D eigenvalue weighted by Gasteiger charge is -2.38. The van der Waals surface area contributed by atoms with E-state index in [0.717, 1.165) is 122 Å². The van der Waals surface area contributed by atoms with Crippen molar-refractivity contribution < 1.29 is 9.47 Å². The molecule has 0 unspecified atom stereocenters. The molecular formula is C70H68Cl4N12O2. The topological polar surface area (TPSA) is 119 Å². The molecule has 10 aromatic rings. The number of para-hydroxylation sites is 2. The molecule has 2 aliphatic rings. The Bertz CT molecular complexity index is 3710. The molecule has 0 N–H and O–H groups in total. The Morgan fingerprint density at radius 2 is 0.761 bits per heavy atom. The average molecular weight is 1250 g/mol. The lowest BCUT2D eigenvalue weighted by Crippen LogP contribution is -2.48. The second-order valence-corrected chi connectivity index (χ2v) is 23.6. The summed E-state index contributed by atoms with van der Waals surface area (Å²) in [5, 5.41) is 28.5. The van der Waals surface area contributed by atoms with E-state index in [0.29, 0.717) is 43.1 Å². The van der Waals surface area contributed by atoms with Gasteiger partial charge in [0.2, 0.25) is 0 Å². The van der Waals surface area contributed by atoms with Crippen LogP contribution in [0.25, 0.3) is 23.5 Å². The first-order valence-corrected chi connectivity index (χ1v) is 30.9. The maximum absolute atomic E-state index is 6.25. The Balaban J connectivity index is 0.000000182. The van der Waals surface area contributed by atoms with E-state index in [1.54, 1.807) is 24.3 Å². The van der Waals surface area contributed by atoms with E-state index in [1.165, 1.54) is 11.1 Å². The molecule has 12 rings (SSSR count). The van der Waals surface area contributed by atoms with Crippen LogP contribution in [0.4, 0.5) is 0 Å². The van der Waals surface area contributed by atoms with Crippen LogP contribution in [0, 0.1) is 27.7 Å². The number of halogens is 4. The SMILES string of the molecule is Cc1cccc(C)c1-n1nnnc1[C@@H](c1cccc(Oc2ccc(Cl)c(Cl)c2)c1)N1CCN(C/C=C/c2ccccc2)CC1.Cc1cccc(C)c1-n1nnnc1[C@H](c1cccc(Oc2ccc(Cl)c(Cl)c2)c1)N1CCN(C/C=C/c2ccccc2)CC1. The first kappa shape index (κ1) is 61.6. The molecule has 2 aliphatic heterocycles. The van der Waals surface area contributed by atoms with E-state index in [9.17, 15) is 0 Å². The molecule has 0 bridgehead atoms. The predicted octanol–water partition coefficient (Wildman–Crippen LogP) is 15.6. The number of hydrogen-bond donors (Lipinski definition) is 0. The molecule has 2 aromatic heterocycles. The van der Waals surface area contributed by atoms with Gasteiger partial charge in [-0.15, -0.1) is 10.2 Å². The van der Waals surface area contributed by atoms with Crippen LogP contribution in [0.1, 0.15) is 68.2 Å². The smallest absolute Gasteiger partial charge is 0.178 e. The van der Waals surface area contributed by atoms with Gasteiger partial charge in [0.25, 0.3) is 0 Å². The molecule has 0 spiro atoms. The standard InChI is InChI=1S/2C35H34Cl2N6O/c2*1-25-9-6-10-26(2)33(25)43-35(38-39-40-43)34(28-14-7-15-29(23-28)44-30-16-17-31(36)32(37)24-30)42-21-19-41(20-22-42)18-8-13-27-11-4-3-5-12-27/h2*3-17,23-24,34H,18-22H2,1-2H3/b2*13-8+/t2*34-/m10/s1. The molecule has 0 radical (unpaired) electrons. The second kappa shape index (κ2) is 29.3. The number of aromatic nitrogens is 8. The van der Waals surface area contributed by atoms with Gasteiger partial charge in [-0.25, -0.2) is 0 Å². The van der Waals surface area contributed by atoms with Crippen molar-refractivity contribution in [1.82, 2.24) is 60.0 Å². The van der Waals surface area contributed by atoms with Crippen molar-refractivity contribution >= 4 is 58.6 Å². The molecule has 0 aliphatic carbocycles. The van der Waals surface area contributed by atoms with E-state index in [2.05, 4.69) is 212 Å². The highest BCUT2D eigenvalue weighted by Crippen LogP contribution is 2.38. The second-order valence-electron chi connectivity index (χ2n) is 22.0. The molecule has 88 heavy (non-hydrogen) atoms. The molecule has 4 heterocycles. The van der Waals surface area contributed by atoms with Gasteiger partial charge in [-0.3, -0.25) is 19.6 Å². The fourth-order valence-corrected chi connectivity index (χ4v) is 12.0. The summed E-state index contributed by atoms with van der Waals surface area (Å²) >= 11 is 24.8. The van der Waals surface area contributed by atoms with Crippen LogP contribution in [0.2, 0.25) is 20.1 Å². The van der Waals surface area contributed by atoms with Gasteiger partial charge in [-0.1, -0.05) is 192 Å². The Labute approximate surface area is 534 Å². The number of nitrogens with zero attached hydrogens (tertiary/aromatic N) is 12. The summed E-state index contributed by atoms with van der Waals surface area (Å²) in [6, 6.07) is 59.7. The van der Waals surface area contributed by atoms with Crippen LogP contribution in [0.3, 0.4) is 0 Å². The summed E-state index contributed by atoms with van der Waals surface area (Å²) in [4.78, 5) is 9.88. The van der Waals surface area contributed by atoms with E-state index >= 15 is 0 Å². The van der Waals surface area contributed by atoms with Gasteiger partial charge in [0.1, 0.15) is 23.0 Å². The molecule has 2 saturated heterocycles. The summed E-state index contributed by atoms with van der Waals surface area (Å²) in [6.45, 7) is 17.4. The van der Waals surface area contributed by atoms with Gasteiger partial charge in [-0.05, 0) is 142 Å². The first-order valence-electron chi connectivity index (χ1n) is 29.4. The molecule has 0 amide bonds. The summed E-state index contributed by atoms with van der Waals surface area (Å²) < 4.78 is 16.2. The number of tetrazole rings is 2. The lowest BCUT2D eigenvalue weighted by atomic mass is 10.0. The van der Waals surface area contributed by atoms with E-state index < -0.39 is 0 Å². The van der Waals surface area contributed by atoms with Crippen LogP contribution >= 0.6 is 46.4 Å². The highest BCUT2D eigenvalue weighted by Gasteiger charge is 2.34. The van der Waals surface area contributed by atoms with Crippen molar-refractivity contribution in [3.8, 4) is 34.4 Å². The molecule has 448 valence electrons. The Morgan fingerprint density at radius 3 is 1.14 bits per heavy atom. The third-order valence-electron chi connectivity index (χ3n) is 15.9. The Kier molecular flexibility index (Phi) is 20.5. The molecule has 0 saturated carbocycles. The quantitative estimate of drug-likeness (QED) is 0.0814. The third-order valence-corrected chi connectivity index (χ3v) is 17.3. The van der Waals surface area contributed by atoms with Crippen molar-refractivity contribution in [1.29, 1.82) is 0 Å². The summed E-state index contributed by atoms with van der Waals surface area (Å²) in [6.07, 6.45) is 8.86. The van der Waals surface area contributed by atoms with Gasteiger partial charge < -0.3 is 9.47 Å². The number of aryl methyl sites for hydroxylation is 4. The minimum absolute atomic E-state index is 0.191. The summed E-state index contributed by atoms with van der Waals surface area (Å²) in [5.41, 5.74) is 11.0. The van der Waals surface area contributed by atoms with Crippen LogP contribution < -0.4 is 9.47 Å². The number of benzene rings is 8. The van der Waals surface area contributed by atoms with Crippen molar-refractivity contribution in [2.24, 2.45) is 0 Å². The van der Waals surface area contributed by atoms with Crippen LogP contribution in [0.15, 0.2) is 194 Å². The fraction of sp³-hybridized carbons (Fsp3) is 0.229. The van der Waals surface area contributed by atoms with Crippen LogP contribution in [-0.2, 0) is 0 Å². The van der Waals surface area contributed by atoms with Gasteiger partial charge in [0.15, 0.2) is 11.6 Å². The molecule has 2 atom stereocenters. The van der Waals surface area contributed by atoms with Crippen LogP contribution in [-0.4, -0.2) is 125 Å². The zero-order chi connectivity index (χ0) is 60.9. The Hall–Kier alpha value is -8.02. The Morgan fingerprint density at radius 1 is 0.398 bits per heavy atom. The maximum Gasteiger partial charge on any atom is 0.178 e. The lowest BCUT2D eigenvalue weighted by molar-refractivity contribution is 0.113. The largest absolute Gasteiger partial charge is 0.457 e. The minimum atomic E-state index is -0.191. The number of rotatable bonds is 18. The van der Waals surface area contributed by atoms with E-state index in [-0.39, 0.29) is 12.1 Å². The first-order chi connectivity index (χ1) is 42.9. The molecule has 2 fully saturated rings. The third kappa shape index (κ3) is 15.3. The number of piperazine rings is 2. The van der Waals surface area contributed by atoms with E-state index in [4.69, 9.17) is 55.9 Å². The minimum Gasteiger partial charge on any atom is -0.457 e. The summed E-state index contributed by atoms with van der Waals surface area (Å²) in [7, 11) is 0. The van der Waals surface area contributed by atoms with Crippen molar-refractivity contribution in [2.75, 3.05) is 65.4 Å². The normalized spacial score (nSPS) is 15.1. The molecule has 8 aromatic carbocycles. The molecule has 18 heteroatoms.